The van der Waals surface area contributed by atoms with E-state index in [2.05, 4.69) is 19.2 Å². The number of benzene rings is 1. The van der Waals surface area contributed by atoms with Gasteiger partial charge in [0.2, 0.25) is 0 Å². The van der Waals surface area contributed by atoms with E-state index < -0.39 is 11.7 Å². The molecule has 0 atom stereocenters. The van der Waals surface area contributed by atoms with Crippen molar-refractivity contribution in [1.29, 1.82) is 0 Å². The van der Waals surface area contributed by atoms with Crippen LogP contribution in [-0.2, 0) is 0 Å². The van der Waals surface area contributed by atoms with Crippen LogP contribution in [0.2, 0.25) is 0 Å². The zero-order chi connectivity index (χ0) is 15.5. The third kappa shape index (κ3) is 3.74. The van der Waals surface area contributed by atoms with Crippen LogP contribution in [0.25, 0.3) is 0 Å². The Kier molecular flexibility index (Phi) is 4.86. The summed E-state index contributed by atoms with van der Waals surface area (Å²) >= 11 is 0. The molecule has 0 bridgehead atoms. The van der Waals surface area contributed by atoms with Gasteiger partial charge in [-0.1, -0.05) is 32.8 Å². The van der Waals surface area contributed by atoms with Crippen molar-refractivity contribution in [3.05, 3.63) is 29.6 Å². The maximum atomic E-state index is 13.7. The first-order chi connectivity index (χ1) is 9.93. The Bertz CT molecular complexity index is 487. The molecule has 116 valence electrons. The Morgan fingerprint density at radius 3 is 2.62 bits per heavy atom. The molecular formula is C17H24FNO2. The van der Waals surface area contributed by atoms with E-state index in [1.807, 2.05) is 0 Å². The monoisotopic (exact) mass is 293 g/mol. The topological polar surface area (TPSA) is 49.3 Å². The molecule has 2 N–H and O–H groups in total. The summed E-state index contributed by atoms with van der Waals surface area (Å²) in [5.41, 5.74) is -0.125. The van der Waals surface area contributed by atoms with Gasteiger partial charge < -0.3 is 10.4 Å². The quantitative estimate of drug-likeness (QED) is 0.866. The summed E-state index contributed by atoms with van der Waals surface area (Å²) in [4.78, 5) is 12.2. The summed E-state index contributed by atoms with van der Waals surface area (Å²) in [6.07, 6.45) is 5.65. The standard InChI is InChI=1S/C17H24FNO2/c1-12(2)10-17(8-3-4-9-17)11-19-16(21)15-13(18)6-5-7-14(15)20/h5-7,12,20H,3-4,8-11H2,1-2H3,(H,19,21). The van der Waals surface area contributed by atoms with Crippen molar-refractivity contribution in [1.82, 2.24) is 5.32 Å². The number of rotatable bonds is 5. The molecule has 0 aromatic heterocycles. The van der Waals surface area contributed by atoms with Crippen LogP contribution in [0, 0.1) is 17.2 Å². The van der Waals surface area contributed by atoms with Crippen molar-refractivity contribution >= 4 is 5.91 Å². The predicted molar refractivity (Wildman–Crippen MR) is 80.8 cm³/mol. The highest BCUT2D eigenvalue weighted by Gasteiger charge is 2.35. The molecule has 0 spiro atoms. The molecule has 1 saturated carbocycles. The lowest BCUT2D eigenvalue weighted by molar-refractivity contribution is 0.0915. The van der Waals surface area contributed by atoms with Crippen LogP contribution in [0.15, 0.2) is 18.2 Å². The summed E-state index contributed by atoms with van der Waals surface area (Å²) in [5, 5.41) is 12.5. The molecule has 0 unspecified atom stereocenters. The molecule has 21 heavy (non-hydrogen) atoms. The number of phenols is 1. The molecular weight excluding hydrogens is 269 g/mol. The van der Waals surface area contributed by atoms with Crippen molar-refractivity contribution in [2.75, 3.05) is 6.54 Å². The fraction of sp³-hybridized carbons (Fsp3) is 0.588. The lowest BCUT2D eigenvalue weighted by atomic mass is 9.78. The van der Waals surface area contributed by atoms with Gasteiger partial charge in [-0.05, 0) is 42.7 Å². The molecule has 1 aromatic carbocycles. The van der Waals surface area contributed by atoms with Crippen LogP contribution in [0.4, 0.5) is 4.39 Å². The van der Waals surface area contributed by atoms with Crippen LogP contribution < -0.4 is 5.32 Å². The van der Waals surface area contributed by atoms with E-state index >= 15 is 0 Å². The molecule has 2 rings (SSSR count). The number of aromatic hydroxyl groups is 1. The van der Waals surface area contributed by atoms with Crippen LogP contribution in [0.5, 0.6) is 5.75 Å². The summed E-state index contributed by atoms with van der Waals surface area (Å²) in [7, 11) is 0. The number of hydrogen-bond acceptors (Lipinski definition) is 2. The fourth-order valence-corrected chi connectivity index (χ4v) is 3.54. The summed E-state index contributed by atoms with van der Waals surface area (Å²) in [6, 6.07) is 3.91. The van der Waals surface area contributed by atoms with Crippen molar-refractivity contribution in [3.63, 3.8) is 0 Å². The van der Waals surface area contributed by atoms with Gasteiger partial charge in [0.1, 0.15) is 17.1 Å². The molecule has 0 aliphatic heterocycles. The number of carbonyl (C=O) groups excluding carboxylic acids is 1. The maximum Gasteiger partial charge on any atom is 0.258 e. The number of amides is 1. The van der Waals surface area contributed by atoms with Crippen LogP contribution in [-0.4, -0.2) is 17.6 Å². The Balaban J connectivity index is 2.06. The van der Waals surface area contributed by atoms with Gasteiger partial charge in [-0.25, -0.2) is 4.39 Å². The second-order valence-corrected chi connectivity index (χ2v) is 6.62. The molecule has 0 saturated heterocycles. The zero-order valence-corrected chi connectivity index (χ0v) is 12.8. The van der Waals surface area contributed by atoms with E-state index in [0.717, 1.165) is 19.3 Å². The zero-order valence-electron chi connectivity index (χ0n) is 12.8. The van der Waals surface area contributed by atoms with Gasteiger partial charge in [-0.3, -0.25) is 4.79 Å². The number of halogens is 1. The Hall–Kier alpha value is -1.58. The molecule has 1 aliphatic carbocycles. The van der Waals surface area contributed by atoms with E-state index in [0.29, 0.717) is 12.5 Å². The number of phenolic OH excluding ortho intramolecular Hbond substituents is 1. The fourth-order valence-electron chi connectivity index (χ4n) is 3.54. The molecule has 1 amide bonds. The number of nitrogens with one attached hydrogen (secondary N) is 1. The Labute approximate surface area is 125 Å². The largest absolute Gasteiger partial charge is 0.507 e. The lowest BCUT2D eigenvalue weighted by Gasteiger charge is -2.31. The second kappa shape index (κ2) is 6.46. The van der Waals surface area contributed by atoms with E-state index in [4.69, 9.17) is 0 Å². The minimum Gasteiger partial charge on any atom is -0.507 e. The number of hydrogen-bond donors (Lipinski definition) is 2. The average molecular weight is 293 g/mol. The second-order valence-electron chi connectivity index (χ2n) is 6.62. The van der Waals surface area contributed by atoms with E-state index in [1.54, 1.807) is 0 Å². The van der Waals surface area contributed by atoms with E-state index in [1.165, 1.54) is 31.0 Å². The lowest BCUT2D eigenvalue weighted by Crippen LogP contribution is -2.37. The first-order valence-corrected chi connectivity index (χ1v) is 7.69. The molecule has 4 heteroatoms. The highest BCUT2D eigenvalue weighted by molar-refractivity contribution is 5.97. The third-order valence-electron chi connectivity index (χ3n) is 4.35. The first kappa shape index (κ1) is 15.8. The van der Waals surface area contributed by atoms with Gasteiger partial charge >= 0.3 is 0 Å². The van der Waals surface area contributed by atoms with Crippen molar-refractivity contribution in [2.45, 2.75) is 46.0 Å². The van der Waals surface area contributed by atoms with Crippen molar-refractivity contribution in [2.24, 2.45) is 11.3 Å². The molecule has 1 fully saturated rings. The third-order valence-corrected chi connectivity index (χ3v) is 4.35. The minimum absolute atomic E-state index is 0.130. The summed E-state index contributed by atoms with van der Waals surface area (Å²) in [5.74, 6) is -0.948. The highest BCUT2D eigenvalue weighted by Crippen LogP contribution is 2.42. The minimum atomic E-state index is -0.683. The molecule has 0 heterocycles. The van der Waals surface area contributed by atoms with Crippen LogP contribution in [0.1, 0.15) is 56.3 Å². The van der Waals surface area contributed by atoms with Gasteiger partial charge in [0.05, 0.1) is 0 Å². The van der Waals surface area contributed by atoms with Gasteiger partial charge in [0.25, 0.3) is 5.91 Å². The van der Waals surface area contributed by atoms with E-state index in [-0.39, 0.29) is 16.7 Å². The van der Waals surface area contributed by atoms with Crippen LogP contribution >= 0.6 is 0 Å². The van der Waals surface area contributed by atoms with Crippen molar-refractivity contribution < 1.29 is 14.3 Å². The average Bonchev–Trinajstić information content (AvgIpc) is 2.84. The molecule has 1 aromatic rings. The Morgan fingerprint density at radius 1 is 1.38 bits per heavy atom. The van der Waals surface area contributed by atoms with E-state index in [9.17, 15) is 14.3 Å². The molecule has 0 radical (unpaired) electrons. The molecule has 3 nitrogen and oxygen atoms in total. The Morgan fingerprint density at radius 2 is 2.05 bits per heavy atom. The van der Waals surface area contributed by atoms with Gasteiger partial charge in [-0.2, -0.15) is 0 Å². The van der Waals surface area contributed by atoms with Gasteiger partial charge in [0.15, 0.2) is 0 Å². The van der Waals surface area contributed by atoms with Crippen LogP contribution in [0.3, 0.4) is 0 Å². The SMILES string of the molecule is CC(C)CC1(CNC(=O)c2c(O)cccc2F)CCCC1. The maximum absolute atomic E-state index is 13.7. The van der Waals surface area contributed by atoms with Crippen molar-refractivity contribution in [3.8, 4) is 5.75 Å². The van der Waals surface area contributed by atoms with Gasteiger partial charge in [0, 0.05) is 6.54 Å². The number of carbonyl (C=O) groups is 1. The smallest absolute Gasteiger partial charge is 0.258 e. The first-order valence-electron chi connectivity index (χ1n) is 7.69. The summed E-state index contributed by atoms with van der Waals surface area (Å²) < 4.78 is 13.7. The summed E-state index contributed by atoms with van der Waals surface area (Å²) in [6.45, 7) is 4.92. The van der Waals surface area contributed by atoms with Gasteiger partial charge in [-0.15, -0.1) is 0 Å². The molecule has 1 aliphatic rings. The predicted octanol–water partition coefficient (Wildman–Crippen LogP) is 3.87. The normalized spacial score (nSPS) is 17.1. The highest BCUT2D eigenvalue weighted by atomic mass is 19.1.